The highest BCUT2D eigenvalue weighted by Gasteiger charge is 2.25. The number of hydrogen-bond donors (Lipinski definition) is 0. The van der Waals surface area contributed by atoms with Crippen LogP contribution in [0.2, 0.25) is 0 Å². The second-order valence-corrected chi connectivity index (χ2v) is 5.74. The molecule has 0 spiro atoms. The van der Waals surface area contributed by atoms with E-state index in [1.807, 2.05) is 6.07 Å². The molecule has 0 aliphatic carbocycles. The average molecular weight is 371 g/mol. The summed E-state index contributed by atoms with van der Waals surface area (Å²) in [6, 6.07) is 8.71. The number of benzene rings is 1. The third-order valence-corrected chi connectivity index (χ3v) is 3.95. The van der Waals surface area contributed by atoms with Gasteiger partial charge in [0.05, 0.1) is 18.2 Å². The number of carbonyl (C=O) groups is 3. The van der Waals surface area contributed by atoms with Crippen molar-refractivity contribution in [2.75, 3.05) is 39.4 Å². The lowest BCUT2D eigenvalue weighted by Gasteiger charge is -2.33. The quantitative estimate of drug-likeness (QED) is 0.573. The molecule has 1 aliphatic heterocycles. The zero-order valence-electron chi connectivity index (χ0n) is 15.1. The SMILES string of the molecule is CCOC(=O)N1CCN(C(=O)COC(=O)/C=C/c2ccc(C#N)cc2)CC1. The van der Waals surface area contributed by atoms with Gasteiger partial charge in [0.2, 0.25) is 0 Å². The van der Waals surface area contributed by atoms with Gasteiger partial charge in [-0.1, -0.05) is 12.1 Å². The van der Waals surface area contributed by atoms with Crippen molar-refractivity contribution in [3.63, 3.8) is 0 Å². The van der Waals surface area contributed by atoms with Crippen molar-refractivity contribution in [3.8, 4) is 6.07 Å². The number of nitrogens with zero attached hydrogens (tertiary/aromatic N) is 3. The zero-order chi connectivity index (χ0) is 19.6. The van der Waals surface area contributed by atoms with Gasteiger partial charge in [0.15, 0.2) is 6.61 Å². The average Bonchev–Trinajstić information content (AvgIpc) is 2.71. The minimum Gasteiger partial charge on any atom is -0.452 e. The van der Waals surface area contributed by atoms with Crippen LogP contribution in [0.3, 0.4) is 0 Å². The maximum absolute atomic E-state index is 12.1. The zero-order valence-corrected chi connectivity index (χ0v) is 15.1. The molecule has 0 aromatic heterocycles. The Hall–Kier alpha value is -3.34. The molecular weight excluding hydrogens is 350 g/mol. The lowest BCUT2D eigenvalue weighted by atomic mass is 10.1. The van der Waals surface area contributed by atoms with Gasteiger partial charge in [-0.05, 0) is 30.7 Å². The van der Waals surface area contributed by atoms with Crippen LogP contribution < -0.4 is 0 Å². The fraction of sp³-hybridized carbons (Fsp3) is 0.368. The van der Waals surface area contributed by atoms with Gasteiger partial charge >= 0.3 is 12.1 Å². The Morgan fingerprint density at radius 2 is 1.70 bits per heavy atom. The number of nitriles is 1. The molecule has 2 rings (SSSR count). The Morgan fingerprint density at radius 3 is 2.30 bits per heavy atom. The van der Waals surface area contributed by atoms with Crippen LogP contribution in [-0.4, -0.2) is 67.2 Å². The van der Waals surface area contributed by atoms with Gasteiger partial charge in [-0.3, -0.25) is 4.79 Å². The van der Waals surface area contributed by atoms with E-state index >= 15 is 0 Å². The molecule has 1 heterocycles. The predicted molar refractivity (Wildman–Crippen MR) is 96.3 cm³/mol. The minimum atomic E-state index is -0.627. The largest absolute Gasteiger partial charge is 0.452 e. The maximum Gasteiger partial charge on any atom is 0.409 e. The summed E-state index contributed by atoms with van der Waals surface area (Å²) < 4.78 is 9.89. The van der Waals surface area contributed by atoms with Crippen LogP contribution in [0, 0.1) is 11.3 Å². The molecular formula is C19H21N3O5. The van der Waals surface area contributed by atoms with Crippen molar-refractivity contribution in [2.24, 2.45) is 0 Å². The van der Waals surface area contributed by atoms with Gasteiger partial charge < -0.3 is 19.3 Å². The van der Waals surface area contributed by atoms with Crippen LogP contribution in [0.1, 0.15) is 18.1 Å². The Morgan fingerprint density at radius 1 is 1.07 bits per heavy atom. The van der Waals surface area contributed by atoms with Crippen molar-refractivity contribution in [1.29, 1.82) is 5.26 Å². The smallest absolute Gasteiger partial charge is 0.409 e. The third-order valence-electron chi connectivity index (χ3n) is 3.95. The standard InChI is InChI=1S/C19H21N3O5/c1-2-26-19(25)22-11-9-21(10-12-22)17(23)14-27-18(24)8-7-15-3-5-16(13-20)6-4-15/h3-8H,2,9-12,14H2,1H3/b8-7+. The van der Waals surface area contributed by atoms with Gasteiger partial charge in [0.1, 0.15) is 0 Å². The van der Waals surface area contributed by atoms with Gasteiger partial charge in [0.25, 0.3) is 5.91 Å². The van der Waals surface area contributed by atoms with E-state index in [2.05, 4.69) is 0 Å². The number of carbonyl (C=O) groups excluding carboxylic acids is 3. The predicted octanol–water partition coefficient (Wildman–Crippen LogP) is 1.42. The molecule has 1 aliphatic rings. The summed E-state index contributed by atoms with van der Waals surface area (Å²) in [6.07, 6.45) is 2.39. The highest BCUT2D eigenvalue weighted by molar-refractivity contribution is 5.89. The van der Waals surface area contributed by atoms with E-state index < -0.39 is 5.97 Å². The maximum atomic E-state index is 12.1. The lowest BCUT2D eigenvalue weighted by Crippen LogP contribution is -2.51. The molecule has 0 N–H and O–H groups in total. The molecule has 8 nitrogen and oxygen atoms in total. The summed E-state index contributed by atoms with van der Waals surface area (Å²) in [5, 5.41) is 8.74. The van der Waals surface area contributed by atoms with Gasteiger partial charge in [-0.2, -0.15) is 5.26 Å². The summed E-state index contributed by atoms with van der Waals surface area (Å²) in [5.74, 6) is -0.934. The molecule has 0 unspecified atom stereocenters. The Balaban J connectivity index is 1.73. The summed E-state index contributed by atoms with van der Waals surface area (Å²) in [4.78, 5) is 38.6. The molecule has 2 amide bonds. The van der Waals surface area contributed by atoms with E-state index in [4.69, 9.17) is 14.7 Å². The fourth-order valence-electron chi connectivity index (χ4n) is 2.46. The highest BCUT2D eigenvalue weighted by atomic mass is 16.6. The van der Waals surface area contributed by atoms with Crippen LogP contribution in [-0.2, 0) is 19.1 Å². The van der Waals surface area contributed by atoms with E-state index in [0.29, 0.717) is 38.3 Å². The van der Waals surface area contributed by atoms with Crippen LogP contribution in [0.5, 0.6) is 0 Å². The van der Waals surface area contributed by atoms with Gasteiger partial charge in [-0.15, -0.1) is 0 Å². The molecule has 1 aromatic carbocycles. The molecule has 1 fully saturated rings. The topological polar surface area (TPSA) is 99.9 Å². The summed E-state index contributed by atoms with van der Waals surface area (Å²) in [6.45, 7) is 3.21. The Labute approximate surface area is 157 Å². The molecule has 0 atom stereocenters. The third kappa shape index (κ3) is 6.15. The van der Waals surface area contributed by atoms with E-state index in [-0.39, 0.29) is 18.6 Å². The van der Waals surface area contributed by atoms with Crippen molar-refractivity contribution in [1.82, 2.24) is 9.80 Å². The molecule has 1 aromatic rings. The first-order valence-corrected chi connectivity index (χ1v) is 8.58. The minimum absolute atomic E-state index is 0.307. The Bertz CT molecular complexity index is 744. The first-order chi connectivity index (χ1) is 13.0. The highest BCUT2D eigenvalue weighted by Crippen LogP contribution is 2.06. The van der Waals surface area contributed by atoms with Crippen LogP contribution in [0.15, 0.2) is 30.3 Å². The number of piperazine rings is 1. The lowest BCUT2D eigenvalue weighted by molar-refractivity contribution is -0.148. The van der Waals surface area contributed by atoms with Crippen molar-refractivity contribution in [2.45, 2.75) is 6.92 Å². The number of rotatable bonds is 5. The van der Waals surface area contributed by atoms with Crippen LogP contribution in [0.25, 0.3) is 6.08 Å². The van der Waals surface area contributed by atoms with E-state index in [9.17, 15) is 14.4 Å². The first kappa shape index (κ1) is 20.0. The van der Waals surface area contributed by atoms with E-state index in [1.54, 1.807) is 47.1 Å². The number of hydrogen-bond acceptors (Lipinski definition) is 6. The Kier molecular flexibility index (Phi) is 7.37. The van der Waals surface area contributed by atoms with Crippen LogP contribution in [0.4, 0.5) is 4.79 Å². The van der Waals surface area contributed by atoms with Crippen molar-refractivity contribution >= 4 is 24.0 Å². The second kappa shape index (κ2) is 9.97. The molecule has 0 bridgehead atoms. The van der Waals surface area contributed by atoms with Crippen molar-refractivity contribution < 1.29 is 23.9 Å². The van der Waals surface area contributed by atoms with E-state index in [0.717, 1.165) is 5.56 Å². The van der Waals surface area contributed by atoms with Gasteiger partial charge in [0, 0.05) is 32.3 Å². The van der Waals surface area contributed by atoms with Crippen LogP contribution >= 0.6 is 0 Å². The molecule has 0 saturated carbocycles. The number of esters is 1. The second-order valence-electron chi connectivity index (χ2n) is 5.74. The number of amides is 2. The van der Waals surface area contributed by atoms with E-state index in [1.165, 1.54) is 6.08 Å². The summed E-state index contributed by atoms with van der Waals surface area (Å²) in [7, 11) is 0. The molecule has 1 saturated heterocycles. The van der Waals surface area contributed by atoms with Gasteiger partial charge in [-0.25, -0.2) is 9.59 Å². The monoisotopic (exact) mass is 371 g/mol. The molecule has 142 valence electrons. The molecule has 27 heavy (non-hydrogen) atoms. The fourth-order valence-corrected chi connectivity index (χ4v) is 2.46. The summed E-state index contributed by atoms with van der Waals surface area (Å²) in [5.41, 5.74) is 1.27. The molecule has 0 radical (unpaired) electrons. The summed E-state index contributed by atoms with van der Waals surface area (Å²) >= 11 is 0. The first-order valence-electron chi connectivity index (χ1n) is 8.58. The van der Waals surface area contributed by atoms with Crippen molar-refractivity contribution in [3.05, 3.63) is 41.5 Å². The number of ether oxygens (including phenoxy) is 2. The normalized spacial score (nSPS) is 13.9. The molecule has 8 heteroatoms.